The highest BCUT2D eigenvalue weighted by atomic mass is 19.1. The lowest BCUT2D eigenvalue weighted by Gasteiger charge is -2.05. The summed E-state index contributed by atoms with van der Waals surface area (Å²) in [5.41, 5.74) is 0.138. The van der Waals surface area contributed by atoms with Crippen LogP contribution in [0.2, 0.25) is 0 Å². The number of aromatic carboxylic acids is 1. The number of nitrogens with zero attached hydrogens (tertiary/aromatic N) is 2. The summed E-state index contributed by atoms with van der Waals surface area (Å²) in [6.45, 7) is 3.74. The van der Waals surface area contributed by atoms with Crippen molar-refractivity contribution in [2.24, 2.45) is 0 Å². The van der Waals surface area contributed by atoms with E-state index in [1.165, 1.54) is 22.9 Å². The van der Waals surface area contributed by atoms with E-state index in [-0.39, 0.29) is 23.5 Å². The number of carboxylic acids is 1. The van der Waals surface area contributed by atoms with Crippen LogP contribution in [0.3, 0.4) is 0 Å². The molecule has 2 aromatic rings. The van der Waals surface area contributed by atoms with Crippen LogP contribution >= 0.6 is 0 Å². The van der Waals surface area contributed by atoms with E-state index in [0.717, 1.165) is 12.1 Å². The summed E-state index contributed by atoms with van der Waals surface area (Å²) >= 11 is 0. The van der Waals surface area contributed by atoms with Crippen LogP contribution in [0, 0.1) is 11.6 Å². The molecule has 1 aromatic carbocycles. The molecule has 0 aliphatic carbocycles. The van der Waals surface area contributed by atoms with Gasteiger partial charge in [-0.05, 0) is 18.2 Å². The number of carboxylic acid groups (broad SMARTS) is 1. The third-order valence-corrected chi connectivity index (χ3v) is 2.51. The minimum Gasteiger partial charge on any atom is -0.476 e. The Hall–Kier alpha value is -2.50. The highest BCUT2D eigenvalue weighted by molar-refractivity contribution is 5.87. The fraction of sp³-hybridized carbons (Fsp3) is 0.0769. The van der Waals surface area contributed by atoms with E-state index in [9.17, 15) is 13.6 Å². The van der Waals surface area contributed by atoms with Crippen molar-refractivity contribution in [3.63, 3.8) is 0 Å². The Morgan fingerprint density at radius 2 is 2.16 bits per heavy atom. The van der Waals surface area contributed by atoms with E-state index in [1.54, 1.807) is 0 Å². The van der Waals surface area contributed by atoms with Gasteiger partial charge in [-0.3, -0.25) is 4.68 Å². The molecular weight excluding hydrogens is 254 g/mol. The minimum atomic E-state index is -1.22. The third kappa shape index (κ3) is 2.52. The first-order valence-electron chi connectivity index (χ1n) is 5.40. The van der Waals surface area contributed by atoms with Crippen molar-refractivity contribution in [3.8, 4) is 11.3 Å². The van der Waals surface area contributed by atoms with Crippen LogP contribution in [0.25, 0.3) is 11.3 Å². The summed E-state index contributed by atoms with van der Waals surface area (Å²) in [7, 11) is 0. The molecule has 1 N–H and O–H groups in total. The predicted octanol–water partition coefficient (Wildman–Crippen LogP) is 2.71. The van der Waals surface area contributed by atoms with Gasteiger partial charge in [0, 0.05) is 11.6 Å². The molecule has 0 unspecified atom stereocenters. The van der Waals surface area contributed by atoms with Crippen molar-refractivity contribution < 1.29 is 18.7 Å². The van der Waals surface area contributed by atoms with Crippen molar-refractivity contribution in [2.45, 2.75) is 6.54 Å². The number of hydrogen-bond donors (Lipinski definition) is 1. The van der Waals surface area contributed by atoms with Crippen molar-refractivity contribution in [3.05, 3.63) is 54.2 Å². The number of halogens is 2. The number of allylic oxidation sites excluding steroid dienone is 1. The fourth-order valence-corrected chi connectivity index (χ4v) is 1.70. The number of aromatic nitrogens is 2. The van der Waals surface area contributed by atoms with E-state index in [4.69, 9.17) is 5.11 Å². The molecule has 2 rings (SSSR count). The Morgan fingerprint density at radius 1 is 1.42 bits per heavy atom. The van der Waals surface area contributed by atoms with Gasteiger partial charge >= 0.3 is 5.97 Å². The largest absolute Gasteiger partial charge is 0.476 e. The summed E-state index contributed by atoms with van der Waals surface area (Å²) in [5, 5.41) is 12.7. The molecule has 0 radical (unpaired) electrons. The van der Waals surface area contributed by atoms with E-state index >= 15 is 0 Å². The summed E-state index contributed by atoms with van der Waals surface area (Å²) in [6.07, 6.45) is 1.50. The molecule has 0 spiro atoms. The average Bonchev–Trinajstić information content (AvgIpc) is 2.74. The van der Waals surface area contributed by atoms with E-state index < -0.39 is 17.6 Å². The smallest absolute Gasteiger partial charge is 0.356 e. The zero-order valence-electron chi connectivity index (χ0n) is 9.81. The van der Waals surface area contributed by atoms with Gasteiger partial charge in [-0.25, -0.2) is 13.6 Å². The second-order valence-corrected chi connectivity index (χ2v) is 3.81. The molecule has 0 bridgehead atoms. The molecule has 4 nitrogen and oxygen atoms in total. The highest BCUT2D eigenvalue weighted by Crippen LogP contribution is 2.24. The molecule has 19 heavy (non-hydrogen) atoms. The molecule has 1 aromatic heterocycles. The van der Waals surface area contributed by atoms with Gasteiger partial charge in [-0.1, -0.05) is 6.08 Å². The summed E-state index contributed by atoms with van der Waals surface area (Å²) in [4.78, 5) is 10.9. The summed E-state index contributed by atoms with van der Waals surface area (Å²) in [6, 6.07) is 4.32. The van der Waals surface area contributed by atoms with E-state index in [1.807, 2.05) is 0 Å². The van der Waals surface area contributed by atoms with Crippen molar-refractivity contribution in [1.82, 2.24) is 9.78 Å². The Kier molecular flexibility index (Phi) is 3.41. The van der Waals surface area contributed by atoms with Crippen LogP contribution in [0.15, 0.2) is 36.9 Å². The van der Waals surface area contributed by atoms with Crippen molar-refractivity contribution in [1.29, 1.82) is 0 Å². The molecule has 0 saturated heterocycles. The van der Waals surface area contributed by atoms with Gasteiger partial charge in [0.25, 0.3) is 0 Å². The lowest BCUT2D eigenvalue weighted by Crippen LogP contribution is -2.03. The first kappa shape index (κ1) is 12.9. The fourth-order valence-electron chi connectivity index (χ4n) is 1.70. The zero-order chi connectivity index (χ0) is 14.0. The first-order valence-corrected chi connectivity index (χ1v) is 5.40. The van der Waals surface area contributed by atoms with Crippen LogP contribution in [-0.2, 0) is 6.54 Å². The summed E-state index contributed by atoms with van der Waals surface area (Å²) in [5.74, 6) is -2.69. The van der Waals surface area contributed by atoms with Crippen LogP contribution < -0.4 is 0 Å². The van der Waals surface area contributed by atoms with Crippen molar-refractivity contribution in [2.75, 3.05) is 0 Å². The molecule has 0 atom stereocenters. The van der Waals surface area contributed by atoms with Gasteiger partial charge in [-0.2, -0.15) is 5.10 Å². The molecule has 0 saturated carbocycles. The topological polar surface area (TPSA) is 55.1 Å². The van der Waals surface area contributed by atoms with Gasteiger partial charge in [0.1, 0.15) is 11.6 Å². The number of hydrogen-bond acceptors (Lipinski definition) is 2. The lowest BCUT2D eigenvalue weighted by molar-refractivity contribution is 0.0689. The Morgan fingerprint density at radius 3 is 2.74 bits per heavy atom. The van der Waals surface area contributed by atoms with Crippen LogP contribution in [0.4, 0.5) is 8.78 Å². The Bertz CT molecular complexity index is 650. The third-order valence-electron chi connectivity index (χ3n) is 2.51. The maximum absolute atomic E-state index is 13.7. The van der Waals surface area contributed by atoms with Crippen LogP contribution in [-0.4, -0.2) is 20.9 Å². The van der Waals surface area contributed by atoms with Gasteiger partial charge in [0.15, 0.2) is 5.69 Å². The summed E-state index contributed by atoms with van der Waals surface area (Å²) < 4.78 is 27.9. The van der Waals surface area contributed by atoms with Crippen molar-refractivity contribution >= 4 is 5.97 Å². The maximum Gasteiger partial charge on any atom is 0.356 e. The quantitative estimate of drug-likeness (QED) is 0.864. The number of rotatable bonds is 4. The maximum atomic E-state index is 13.7. The molecule has 0 fully saturated rings. The lowest BCUT2D eigenvalue weighted by atomic mass is 10.1. The number of benzene rings is 1. The van der Waals surface area contributed by atoms with Gasteiger partial charge < -0.3 is 5.11 Å². The first-order chi connectivity index (χ1) is 9.02. The molecule has 0 amide bonds. The molecule has 1 heterocycles. The molecular formula is C13H10F2N2O2. The standard InChI is InChI=1S/C13H10F2N2O2/c1-2-5-17-12(7-11(16-17)13(18)19)9-4-3-8(14)6-10(9)15/h2-4,6-7H,1,5H2,(H,18,19). The molecule has 0 aliphatic heterocycles. The van der Waals surface area contributed by atoms with Crippen LogP contribution in [0.5, 0.6) is 0 Å². The monoisotopic (exact) mass is 264 g/mol. The minimum absolute atomic E-state index is 0.0863. The predicted molar refractivity (Wildman–Crippen MR) is 64.7 cm³/mol. The number of carbonyl (C=O) groups is 1. The Labute approximate surface area is 107 Å². The average molecular weight is 264 g/mol. The van der Waals surface area contributed by atoms with Gasteiger partial charge in [0.2, 0.25) is 0 Å². The van der Waals surface area contributed by atoms with Crippen LogP contribution in [0.1, 0.15) is 10.5 Å². The Balaban J connectivity index is 2.59. The normalized spacial score (nSPS) is 10.4. The second kappa shape index (κ2) is 5.01. The van der Waals surface area contributed by atoms with Gasteiger partial charge in [0.05, 0.1) is 12.2 Å². The highest BCUT2D eigenvalue weighted by Gasteiger charge is 2.16. The second-order valence-electron chi connectivity index (χ2n) is 3.81. The molecule has 6 heteroatoms. The van der Waals surface area contributed by atoms with E-state index in [0.29, 0.717) is 0 Å². The molecule has 0 aliphatic rings. The zero-order valence-corrected chi connectivity index (χ0v) is 9.81. The van der Waals surface area contributed by atoms with Gasteiger partial charge in [-0.15, -0.1) is 6.58 Å². The SMILES string of the molecule is C=CCn1nc(C(=O)O)cc1-c1ccc(F)cc1F. The molecule has 98 valence electrons. The van der Waals surface area contributed by atoms with E-state index in [2.05, 4.69) is 11.7 Å².